The van der Waals surface area contributed by atoms with Crippen molar-refractivity contribution in [2.24, 2.45) is 5.41 Å². The Labute approximate surface area is 97.3 Å². The molecule has 0 aliphatic carbocycles. The number of benzene rings is 1. The molecule has 1 aromatic carbocycles. The summed E-state index contributed by atoms with van der Waals surface area (Å²) in [6.07, 6.45) is 0.802. The van der Waals surface area contributed by atoms with Gasteiger partial charge in [-0.2, -0.15) is 0 Å². The molecule has 0 heterocycles. The fourth-order valence-electron chi connectivity index (χ4n) is 2.05. The lowest BCUT2D eigenvalue weighted by molar-refractivity contribution is -0.151. The molecule has 1 atom stereocenters. The van der Waals surface area contributed by atoms with Gasteiger partial charge in [0.2, 0.25) is 0 Å². The van der Waals surface area contributed by atoms with Gasteiger partial charge in [-0.3, -0.25) is 4.79 Å². The Morgan fingerprint density at radius 2 is 1.69 bits per heavy atom. The predicted octanol–water partition coefficient (Wildman–Crippen LogP) is 3.47. The van der Waals surface area contributed by atoms with E-state index in [4.69, 9.17) is 0 Å². The largest absolute Gasteiger partial charge is 0.481 e. The van der Waals surface area contributed by atoms with Crippen LogP contribution in [0.25, 0.3) is 0 Å². The van der Waals surface area contributed by atoms with Crippen LogP contribution in [0.5, 0.6) is 0 Å². The molecule has 0 saturated carbocycles. The van der Waals surface area contributed by atoms with Crippen LogP contribution >= 0.6 is 0 Å². The predicted molar refractivity (Wildman–Crippen MR) is 65.5 cm³/mol. The molecule has 0 amide bonds. The Morgan fingerprint density at radius 1 is 1.19 bits per heavy atom. The van der Waals surface area contributed by atoms with Crippen LogP contribution in [-0.4, -0.2) is 11.1 Å². The molecule has 1 aromatic rings. The number of carboxylic acids is 1. The number of rotatable bonds is 4. The van der Waals surface area contributed by atoms with Crippen LogP contribution in [0.2, 0.25) is 0 Å². The van der Waals surface area contributed by atoms with Crippen molar-refractivity contribution in [2.75, 3.05) is 0 Å². The summed E-state index contributed by atoms with van der Waals surface area (Å²) >= 11 is 0. The van der Waals surface area contributed by atoms with Crippen molar-refractivity contribution in [2.45, 2.75) is 39.5 Å². The maximum Gasteiger partial charge on any atom is 0.309 e. The Morgan fingerprint density at radius 3 is 2.06 bits per heavy atom. The molecule has 0 bridgehead atoms. The van der Waals surface area contributed by atoms with Crippen LogP contribution < -0.4 is 0 Å². The molecule has 1 unspecified atom stereocenters. The highest BCUT2D eigenvalue weighted by molar-refractivity contribution is 5.76. The van der Waals surface area contributed by atoms with Gasteiger partial charge in [0.15, 0.2) is 0 Å². The van der Waals surface area contributed by atoms with Gasteiger partial charge in [-0.25, -0.2) is 0 Å². The number of hydrogen-bond donors (Lipinski definition) is 1. The van der Waals surface area contributed by atoms with Crippen LogP contribution in [0.15, 0.2) is 30.3 Å². The Balaban J connectivity index is 3.28. The molecule has 0 radical (unpaired) electrons. The molecule has 0 spiro atoms. The zero-order valence-corrected chi connectivity index (χ0v) is 10.4. The topological polar surface area (TPSA) is 37.3 Å². The number of carbonyl (C=O) groups is 1. The van der Waals surface area contributed by atoms with Crippen molar-refractivity contribution in [1.29, 1.82) is 0 Å². The average molecular weight is 220 g/mol. The summed E-state index contributed by atoms with van der Waals surface area (Å²) in [4.78, 5) is 11.4. The maximum absolute atomic E-state index is 11.4. The zero-order chi connectivity index (χ0) is 12.4. The van der Waals surface area contributed by atoms with Gasteiger partial charge in [-0.05, 0) is 25.8 Å². The lowest BCUT2D eigenvalue weighted by Crippen LogP contribution is -2.44. The Kier molecular flexibility index (Phi) is 3.41. The Bertz CT molecular complexity index is 368. The third kappa shape index (κ3) is 1.84. The standard InChI is InChI=1S/C14H20O2/c1-5-14(4,13(2,3)12(15)16)11-9-7-6-8-10-11/h6-10H,5H2,1-4H3,(H,15,16). The first-order valence-electron chi connectivity index (χ1n) is 5.65. The molecule has 88 valence electrons. The average Bonchev–Trinajstić information content (AvgIpc) is 2.28. The summed E-state index contributed by atoms with van der Waals surface area (Å²) in [5.74, 6) is -0.749. The minimum atomic E-state index is -0.775. The number of aliphatic carboxylic acids is 1. The van der Waals surface area contributed by atoms with Crippen molar-refractivity contribution >= 4 is 5.97 Å². The number of carboxylic acid groups (broad SMARTS) is 1. The highest BCUT2D eigenvalue weighted by Crippen LogP contribution is 2.44. The highest BCUT2D eigenvalue weighted by Gasteiger charge is 2.46. The SMILES string of the molecule is CCC(C)(c1ccccc1)C(C)(C)C(=O)O. The summed E-state index contributed by atoms with van der Waals surface area (Å²) in [7, 11) is 0. The van der Waals surface area contributed by atoms with Crippen LogP contribution in [0.3, 0.4) is 0 Å². The fraction of sp³-hybridized carbons (Fsp3) is 0.500. The van der Waals surface area contributed by atoms with E-state index >= 15 is 0 Å². The van der Waals surface area contributed by atoms with Crippen molar-refractivity contribution in [3.63, 3.8) is 0 Å². The second-order valence-corrected chi connectivity index (χ2v) is 4.98. The summed E-state index contributed by atoms with van der Waals surface area (Å²) in [5, 5.41) is 9.37. The molecule has 0 saturated heterocycles. The molecule has 2 heteroatoms. The third-order valence-electron chi connectivity index (χ3n) is 4.03. The van der Waals surface area contributed by atoms with Gasteiger partial charge in [0.25, 0.3) is 0 Å². The third-order valence-corrected chi connectivity index (χ3v) is 4.03. The van der Waals surface area contributed by atoms with E-state index in [1.165, 1.54) is 0 Å². The zero-order valence-electron chi connectivity index (χ0n) is 10.4. The van der Waals surface area contributed by atoms with Crippen LogP contribution in [0, 0.1) is 5.41 Å². The van der Waals surface area contributed by atoms with Crippen LogP contribution in [0.4, 0.5) is 0 Å². The van der Waals surface area contributed by atoms with Crippen LogP contribution in [-0.2, 0) is 10.2 Å². The molecule has 16 heavy (non-hydrogen) atoms. The summed E-state index contributed by atoms with van der Waals surface area (Å²) in [6.45, 7) is 7.66. The van der Waals surface area contributed by atoms with Gasteiger partial charge in [0.1, 0.15) is 0 Å². The fourth-order valence-corrected chi connectivity index (χ4v) is 2.05. The molecular weight excluding hydrogens is 200 g/mol. The minimum absolute atomic E-state index is 0.347. The molecule has 0 aliphatic heterocycles. The lowest BCUT2D eigenvalue weighted by atomic mass is 9.61. The van der Waals surface area contributed by atoms with Gasteiger partial charge >= 0.3 is 5.97 Å². The van der Waals surface area contributed by atoms with Gasteiger partial charge in [-0.1, -0.05) is 44.2 Å². The molecule has 0 aromatic heterocycles. The van der Waals surface area contributed by atoms with E-state index in [0.717, 1.165) is 12.0 Å². The van der Waals surface area contributed by atoms with Gasteiger partial charge in [-0.15, -0.1) is 0 Å². The van der Waals surface area contributed by atoms with Crippen molar-refractivity contribution in [3.8, 4) is 0 Å². The van der Waals surface area contributed by atoms with E-state index in [0.29, 0.717) is 0 Å². The highest BCUT2D eigenvalue weighted by atomic mass is 16.4. The van der Waals surface area contributed by atoms with E-state index in [2.05, 4.69) is 0 Å². The molecule has 1 N–H and O–H groups in total. The van der Waals surface area contributed by atoms with E-state index in [-0.39, 0.29) is 5.41 Å². The van der Waals surface area contributed by atoms with Gasteiger partial charge < -0.3 is 5.11 Å². The molecule has 1 rings (SSSR count). The van der Waals surface area contributed by atoms with Crippen molar-refractivity contribution in [1.82, 2.24) is 0 Å². The second kappa shape index (κ2) is 4.28. The van der Waals surface area contributed by atoms with Crippen LogP contribution in [0.1, 0.15) is 39.7 Å². The van der Waals surface area contributed by atoms with Gasteiger partial charge in [0, 0.05) is 5.41 Å². The van der Waals surface area contributed by atoms with E-state index in [1.54, 1.807) is 13.8 Å². The van der Waals surface area contributed by atoms with E-state index in [1.807, 2.05) is 44.2 Å². The molecular formula is C14H20O2. The normalized spacial score (nSPS) is 15.5. The smallest absolute Gasteiger partial charge is 0.309 e. The van der Waals surface area contributed by atoms with E-state index < -0.39 is 11.4 Å². The summed E-state index contributed by atoms with van der Waals surface area (Å²) < 4.78 is 0. The lowest BCUT2D eigenvalue weighted by Gasteiger charge is -2.41. The molecule has 2 nitrogen and oxygen atoms in total. The summed E-state index contributed by atoms with van der Waals surface area (Å²) in [5.41, 5.74) is -0.0340. The first-order valence-corrected chi connectivity index (χ1v) is 5.65. The van der Waals surface area contributed by atoms with E-state index in [9.17, 15) is 9.90 Å². The second-order valence-electron chi connectivity index (χ2n) is 4.98. The van der Waals surface area contributed by atoms with Gasteiger partial charge in [0.05, 0.1) is 5.41 Å². The maximum atomic E-state index is 11.4. The monoisotopic (exact) mass is 220 g/mol. The molecule has 0 aliphatic rings. The number of hydrogen-bond acceptors (Lipinski definition) is 1. The quantitative estimate of drug-likeness (QED) is 0.843. The molecule has 0 fully saturated rings. The first-order chi connectivity index (χ1) is 7.36. The van der Waals surface area contributed by atoms with Crippen molar-refractivity contribution < 1.29 is 9.90 Å². The minimum Gasteiger partial charge on any atom is -0.481 e. The summed E-state index contributed by atoms with van der Waals surface area (Å²) in [6, 6.07) is 9.89. The van der Waals surface area contributed by atoms with Crippen molar-refractivity contribution in [3.05, 3.63) is 35.9 Å². The Hall–Kier alpha value is -1.31. The first kappa shape index (κ1) is 12.8.